The minimum atomic E-state index is -0.0847. The quantitative estimate of drug-likeness (QED) is 0.641. The Hall–Kier alpha value is -2.40. The van der Waals surface area contributed by atoms with Gasteiger partial charge in [0.15, 0.2) is 18.1 Å². The van der Waals surface area contributed by atoms with Gasteiger partial charge in [-0.05, 0) is 48.6 Å². The molecule has 2 rings (SSSR count). The van der Waals surface area contributed by atoms with Crippen LogP contribution in [0, 0.1) is 0 Å². The predicted molar refractivity (Wildman–Crippen MR) is 108 cm³/mol. The summed E-state index contributed by atoms with van der Waals surface area (Å²) in [6.07, 6.45) is 5.98. The molecule has 0 radical (unpaired) electrons. The summed E-state index contributed by atoms with van der Waals surface area (Å²) in [5, 5.41) is 0. The highest BCUT2D eigenvalue weighted by molar-refractivity contribution is 7.98. The first-order valence-electron chi connectivity index (χ1n) is 8.37. The van der Waals surface area contributed by atoms with Gasteiger partial charge < -0.3 is 14.4 Å². The molecule has 2 aromatic carbocycles. The lowest BCUT2D eigenvalue weighted by atomic mass is 10.2. The van der Waals surface area contributed by atoms with Crippen LogP contribution < -0.4 is 9.47 Å². The maximum Gasteiger partial charge on any atom is 0.260 e. The van der Waals surface area contributed by atoms with Crippen molar-refractivity contribution in [3.05, 3.63) is 59.7 Å². The van der Waals surface area contributed by atoms with E-state index >= 15 is 0 Å². The van der Waals surface area contributed by atoms with Crippen LogP contribution in [0.25, 0.3) is 6.08 Å². The van der Waals surface area contributed by atoms with Gasteiger partial charge in [-0.1, -0.05) is 30.4 Å². The molecule has 0 aliphatic rings. The summed E-state index contributed by atoms with van der Waals surface area (Å²) in [7, 11) is 3.37. The molecule has 0 bridgehead atoms. The molecule has 0 spiro atoms. The fraction of sp³-hybridized carbons (Fsp3) is 0.286. The zero-order chi connectivity index (χ0) is 18.9. The van der Waals surface area contributed by atoms with E-state index in [1.807, 2.05) is 55.7 Å². The standard InChI is InChI=1S/C21H25NO3S/c1-5-6-16-9-12-19(20(13-16)24-3)25-15-21(23)22(2)14-17-7-10-18(26-4)11-8-17/h5-13H,14-15H2,1-4H3. The zero-order valence-corrected chi connectivity index (χ0v) is 16.5. The molecule has 138 valence electrons. The van der Waals surface area contributed by atoms with Gasteiger partial charge in [-0.2, -0.15) is 0 Å². The fourth-order valence-corrected chi connectivity index (χ4v) is 2.85. The van der Waals surface area contributed by atoms with Crippen LogP contribution in [0.15, 0.2) is 53.4 Å². The second kappa shape index (κ2) is 9.92. The summed E-state index contributed by atoms with van der Waals surface area (Å²) in [6.45, 7) is 2.48. The number of hydrogen-bond acceptors (Lipinski definition) is 4. The molecule has 0 N–H and O–H groups in total. The topological polar surface area (TPSA) is 38.8 Å². The third kappa shape index (κ3) is 5.56. The van der Waals surface area contributed by atoms with E-state index in [2.05, 4.69) is 12.1 Å². The van der Waals surface area contributed by atoms with Crippen molar-refractivity contribution < 1.29 is 14.3 Å². The Balaban J connectivity index is 1.94. The van der Waals surface area contributed by atoms with Crippen LogP contribution in [-0.4, -0.2) is 37.8 Å². The molecule has 0 aliphatic heterocycles. The number of amides is 1. The van der Waals surface area contributed by atoms with Crippen LogP contribution in [0.3, 0.4) is 0 Å². The smallest absolute Gasteiger partial charge is 0.260 e. The van der Waals surface area contributed by atoms with Crippen molar-refractivity contribution in [2.75, 3.05) is 27.0 Å². The highest BCUT2D eigenvalue weighted by Crippen LogP contribution is 2.28. The maximum atomic E-state index is 12.4. The molecule has 26 heavy (non-hydrogen) atoms. The SMILES string of the molecule is CC=Cc1ccc(OCC(=O)N(C)Cc2ccc(SC)cc2)c(OC)c1. The summed E-state index contributed by atoms with van der Waals surface area (Å²) < 4.78 is 11.0. The maximum absolute atomic E-state index is 12.4. The van der Waals surface area contributed by atoms with Crippen molar-refractivity contribution in [1.29, 1.82) is 0 Å². The summed E-state index contributed by atoms with van der Waals surface area (Å²) in [4.78, 5) is 15.2. The van der Waals surface area contributed by atoms with Gasteiger partial charge in [0.1, 0.15) is 0 Å². The highest BCUT2D eigenvalue weighted by Gasteiger charge is 2.12. The molecule has 0 aromatic heterocycles. The molecule has 2 aromatic rings. The lowest BCUT2D eigenvalue weighted by molar-refractivity contribution is -0.132. The van der Waals surface area contributed by atoms with Crippen LogP contribution in [0.1, 0.15) is 18.1 Å². The lowest BCUT2D eigenvalue weighted by Gasteiger charge is -2.18. The number of thioether (sulfide) groups is 1. The van der Waals surface area contributed by atoms with Gasteiger partial charge in [0.05, 0.1) is 7.11 Å². The zero-order valence-electron chi connectivity index (χ0n) is 15.7. The minimum absolute atomic E-state index is 0.0290. The normalized spacial score (nSPS) is 10.8. The third-order valence-corrected chi connectivity index (χ3v) is 4.65. The first kappa shape index (κ1) is 19.9. The number of allylic oxidation sites excluding steroid dienone is 1. The molecule has 4 nitrogen and oxygen atoms in total. The van der Waals surface area contributed by atoms with E-state index in [1.165, 1.54) is 4.90 Å². The number of carbonyl (C=O) groups excluding carboxylic acids is 1. The highest BCUT2D eigenvalue weighted by atomic mass is 32.2. The van der Waals surface area contributed by atoms with Gasteiger partial charge in [-0.15, -0.1) is 11.8 Å². The minimum Gasteiger partial charge on any atom is -0.493 e. The number of carbonyl (C=O) groups is 1. The number of rotatable bonds is 8. The van der Waals surface area contributed by atoms with Crippen molar-refractivity contribution in [3.63, 3.8) is 0 Å². The summed E-state index contributed by atoms with van der Waals surface area (Å²) >= 11 is 1.70. The van der Waals surface area contributed by atoms with Gasteiger partial charge in [-0.25, -0.2) is 0 Å². The molecular formula is C21H25NO3S. The van der Waals surface area contributed by atoms with E-state index in [1.54, 1.807) is 30.8 Å². The van der Waals surface area contributed by atoms with E-state index in [0.29, 0.717) is 18.0 Å². The van der Waals surface area contributed by atoms with Crippen molar-refractivity contribution >= 4 is 23.7 Å². The monoisotopic (exact) mass is 371 g/mol. The van der Waals surface area contributed by atoms with E-state index in [-0.39, 0.29) is 12.5 Å². The van der Waals surface area contributed by atoms with Crippen molar-refractivity contribution in [1.82, 2.24) is 4.90 Å². The Morgan fingerprint density at radius 2 is 1.88 bits per heavy atom. The number of nitrogens with zero attached hydrogens (tertiary/aromatic N) is 1. The molecule has 0 aliphatic carbocycles. The van der Waals surface area contributed by atoms with Gasteiger partial charge >= 0.3 is 0 Å². The number of methoxy groups -OCH3 is 1. The van der Waals surface area contributed by atoms with Gasteiger partial charge in [0, 0.05) is 18.5 Å². The number of hydrogen-bond donors (Lipinski definition) is 0. The summed E-state index contributed by atoms with van der Waals surface area (Å²) in [6, 6.07) is 13.8. The Morgan fingerprint density at radius 1 is 1.15 bits per heavy atom. The van der Waals surface area contributed by atoms with E-state index < -0.39 is 0 Å². The molecule has 0 heterocycles. The molecule has 0 saturated carbocycles. The second-order valence-electron chi connectivity index (χ2n) is 5.80. The Bertz CT molecular complexity index is 756. The summed E-state index contributed by atoms with van der Waals surface area (Å²) in [5.74, 6) is 1.09. The fourth-order valence-electron chi connectivity index (χ4n) is 2.44. The van der Waals surface area contributed by atoms with Crippen molar-refractivity contribution in [3.8, 4) is 11.5 Å². The average Bonchev–Trinajstić information content (AvgIpc) is 2.67. The molecule has 0 saturated heterocycles. The number of benzene rings is 2. The summed E-state index contributed by atoms with van der Waals surface area (Å²) in [5.41, 5.74) is 2.11. The molecule has 1 amide bonds. The van der Waals surface area contributed by atoms with Crippen LogP contribution in [0.5, 0.6) is 11.5 Å². The Morgan fingerprint density at radius 3 is 2.50 bits per heavy atom. The largest absolute Gasteiger partial charge is 0.493 e. The van der Waals surface area contributed by atoms with E-state index in [9.17, 15) is 4.79 Å². The Labute approximate surface area is 159 Å². The van der Waals surface area contributed by atoms with Gasteiger partial charge in [0.2, 0.25) is 0 Å². The third-order valence-electron chi connectivity index (χ3n) is 3.90. The van der Waals surface area contributed by atoms with E-state index in [0.717, 1.165) is 11.1 Å². The van der Waals surface area contributed by atoms with Crippen molar-refractivity contribution in [2.24, 2.45) is 0 Å². The van der Waals surface area contributed by atoms with Gasteiger partial charge in [0.25, 0.3) is 5.91 Å². The van der Waals surface area contributed by atoms with Gasteiger partial charge in [-0.3, -0.25) is 4.79 Å². The molecule has 0 fully saturated rings. The molecule has 0 atom stereocenters. The van der Waals surface area contributed by atoms with Crippen LogP contribution >= 0.6 is 11.8 Å². The first-order chi connectivity index (χ1) is 12.6. The molecule has 0 unspecified atom stereocenters. The van der Waals surface area contributed by atoms with Crippen LogP contribution in [0.4, 0.5) is 0 Å². The molecule has 5 heteroatoms. The Kier molecular flexibility index (Phi) is 7.60. The van der Waals surface area contributed by atoms with Crippen molar-refractivity contribution in [2.45, 2.75) is 18.4 Å². The lowest BCUT2D eigenvalue weighted by Crippen LogP contribution is -2.31. The first-order valence-corrected chi connectivity index (χ1v) is 9.60. The van der Waals surface area contributed by atoms with Crippen LogP contribution in [-0.2, 0) is 11.3 Å². The number of likely N-dealkylation sites (N-methyl/N-ethyl adjacent to an activating group) is 1. The average molecular weight is 372 g/mol. The number of ether oxygens (including phenoxy) is 2. The van der Waals surface area contributed by atoms with Crippen LogP contribution in [0.2, 0.25) is 0 Å². The predicted octanol–water partition coefficient (Wildman–Crippen LogP) is 4.49. The molecular weight excluding hydrogens is 346 g/mol. The second-order valence-corrected chi connectivity index (χ2v) is 6.68. The van der Waals surface area contributed by atoms with E-state index in [4.69, 9.17) is 9.47 Å².